The van der Waals surface area contributed by atoms with E-state index in [1.165, 1.54) is 5.56 Å². The topological polar surface area (TPSA) is 84.1 Å². The minimum atomic E-state index is -0.554. The molecule has 0 saturated heterocycles. The van der Waals surface area contributed by atoms with Crippen molar-refractivity contribution < 1.29 is 14.3 Å². The average Bonchev–Trinajstić information content (AvgIpc) is 3.07. The Hall–Kier alpha value is -3.15. The van der Waals surface area contributed by atoms with Crippen LogP contribution >= 0.6 is 0 Å². The molecule has 1 heterocycles. The summed E-state index contributed by atoms with van der Waals surface area (Å²) in [5, 5.41) is 2.71. The number of nitrogens with one attached hydrogen (secondary N) is 2. The van der Waals surface area contributed by atoms with E-state index in [1.807, 2.05) is 24.3 Å². The molecule has 0 saturated carbocycles. The third-order valence-electron chi connectivity index (χ3n) is 3.85. The Labute approximate surface area is 145 Å². The number of hydrogen-bond acceptors (Lipinski definition) is 4. The Kier molecular flexibility index (Phi) is 4.79. The second kappa shape index (κ2) is 7.17. The molecule has 0 spiro atoms. The number of rotatable bonds is 5. The quantitative estimate of drug-likeness (QED) is 0.698. The van der Waals surface area contributed by atoms with Gasteiger partial charge in [-0.25, -0.2) is 9.78 Å². The molecule has 25 heavy (non-hydrogen) atoms. The van der Waals surface area contributed by atoms with Gasteiger partial charge >= 0.3 is 5.97 Å². The SMILES string of the molecule is CC(C)c1ccc(NC(=O)COC(=O)c2ccc3nc[nH]c3c2)cc1. The largest absolute Gasteiger partial charge is 0.452 e. The van der Waals surface area contributed by atoms with Crippen molar-refractivity contribution in [3.8, 4) is 0 Å². The van der Waals surface area contributed by atoms with Crippen molar-refractivity contribution in [2.24, 2.45) is 0 Å². The lowest BCUT2D eigenvalue weighted by Crippen LogP contribution is -2.20. The van der Waals surface area contributed by atoms with Crippen LogP contribution in [0.15, 0.2) is 48.8 Å². The molecule has 0 bridgehead atoms. The Morgan fingerprint density at radius 3 is 2.64 bits per heavy atom. The number of fused-ring (bicyclic) bond motifs is 1. The first-order valence-electron chi connectivity index (χ1n) is 8.03. The van der Waals surface area contributed by atoms with Crippen LogP contribution in [0.3, 0.4) is 0 Å². The predicted molar refractivity (Wildman–Crippen MR) is 95.5 cm³/mol. The highest BCUT2D eigenvalue weighted by atomic mass is 16.5. The third kappa shape index (κ3) is 4.03. The molecule has 3 rings (SSSR count). The number of esters is 1. The Bertz CT molecular complexity index is 898. The number of imidazole rings is 1. The zero-order chi connectivity index (χ0) is 17.8. The van der Waals surface area contributed by atoms with Gasteiger partial charge in [0, 0.05) is 5.69 Å². The van der Waals surface area contributed by atoms with Gasteiger partial charge in [0.2, 0.25) is 0 Å². The van der Waals surface area contributed by atoms with E-state index in [0.717, 1.165) is 11.0 Å². The number of ether oxygens (including phenoxy) is 1. The summed E-state index contributed by atoms with van der Waals surface area (Å²) in [6.45, 7) is 3.87. The van der Waals surface area contributed by atoms with Crippen LogP contribution in [0.1, 0.15) is 35.7 Å². The van der Waals surface area contributed by atoms with Crippen molar-refractivity contribution >= 4 is 28.6 Å². The van der Waals surface area contributed by atoms with Gasteiger partial charge in [0.05, 0.1) is 22.9 Å². The number of anilines is 1. The Balaban J connectivity index is 1.55. The average molecular weight is 337 g/mol. The number of H-pyrrole nitrogens is 1. The van der Waals surface area contributed by atoms with Gasteiger partial charge in [-0.05, 0) is 41.8 Å². The Morgan fingerprint density at radius 1 is 1.16 bits per heavy atom. The minimum Gasteiger partial charge on any atom is -0.452 e. The van der Waals surface area contributed by atoms with E-state index in [0.29, 0.717) is 17.2 Å². The zero-order valence-corrected chi connectivity index (χ0v) is 14.1. The maximum Gasteiger partial charge on any atom is 0.338 e. The number of amides is 1. The highest BCUT2D eigenvalue weighted by Crippen LogP contribution is 2.17. The van der Waals surface area contributed by atoms with Gasteiger partial charge < -0.3 is 15.0 Å². The molecule has 0 radical (unpaired) electrons. The molecule has 3 aromatic rings. The van der Waals surface area contributed by atoms with Crippen molar-refractivity contribution in [1.82, 2.24) is 9.97 Å². The first-order valence-corrected chi connectivity index (χ1v) is 8.03. The summed E-state index contributed by atoms with van der Waals surface area (Å²) in [6, 6.07) is 12.6. The fourth-order valence-electron chi connectivity index (χ4n) is 2.43. The van der Waals surface area contributed by atoms with Gasteiger partial charge in [-0.3, -0.25) is 4.79 Å². The summed E-state index contributed by atoms with van der Waals surface area (Å²) in [5.74, 6) is -0.506. The van der Waals surface area contributed by atoms with E-state index in [2.05, 4.69) is 29.1 Å². The number of benzene rings is 2. The standard InChI is InChI=1S/C19H19N3O3/c1-12(2)13-3-6-15(7-4-13)22-18(23)10-25-19(24)14-5-8-16-17(9-14)21-11-20-16/h3-9,11-12H,10H2,1-2H3,(H,20,21)(H,22,23). The van der Waals surface area contributed by atoms with Gasteiger partial charge in [0.15, 0.2) is 6.61 Å². The van der Waals surface area contributed by atoms with Crippen molar-refractivity contribution in [2.45, 2.75) is 19.8 Å². The molecule has 6 nitrogen and oxygen atoms in total. The number of carbonyl (C=O) groups excluding carboxylic acids is 2. The number of nitrogens with zero attached hydrogens (tertiary/aromatic N) is 1. The number of hydrogen-bond donors (Lipinski definition) is 2. The van der Waals surface area contributed by atoms with Crippen molar-refractivity contribution in [3.63, 3.8) is 0 Å². The smallest absolute Gasteiger partial charge is 0.338 e. The molecule has 0 fully saturated rings. The van der Waals surface area contributed by atoms with Crippen molar-refractivity contribution in [2.75, 3.05) is 11.9 Å². The monoisotopic (exact) mass is 337 g/mol. The second-order valence-corrected chi connectivity index (χ2v) is 6.04. The fourth-order valence-corrected chi connectivity index (χ4v) is 2.43. The molecule has 0 unspecified atom stereocenters. The Morgan fingerprint density at radius 2 is 1.92 bits per heavy atom. The highest BCUT2D eigenvalue weighted by molar-refractivity contribution is 5.97. The molecule has 2 aromatic carbocycles. The van der Waals surface area contributed by atoms with E-state index in [-0.39, 0.29) is 12.5 Å². The summed E-state index contributed by atoms with van der Waals surface area (Å²) < 4.78 is 5.06. The van der Waals surface area contributed by atoms with Crippen LogP contribution in [0.4, 0.5) is 5.69 Å². The van der Waals surface area contributed by atoms with E-state index < -0.39 is 5.97 Å². The van der Waals surface area contributed by atoms with Crippen LogP contribution in [-0.4, -0.2) is 28.5 Å². The number of carbonyl (C=O) groups is 2. The van der Waals surface area contributed by atoms with Gasteiger partial charge in [-0.2, -0.15) is 0 Å². The molecule has 0 atom stereocenters. The van der Waals surface area contributed by atoms with Crippen molar-refractivity contribution in [3.05, 3.63) is 59.9 Å². The lowest BCUT2D eigenvalue weighted by Gasteiger charge is -2.09. The molecule has 0 aliphatic carbocycles. The highest BCUT2D eigenvalue weighted by Gasteiger charge is 2.12. The van der Waals surface area contributed by atoms with E-state index in [1.54, 1.807) is 24.5 Å². The van der Waals surface area contributed by atoms with Crippen LogP contribution < -0.4 is 5.32 Å². The molecule has 2 N–H and O–H groups in total. The van der Waals surface area contributed by atoms with Crippen LogP contribution in [0.2, 0.25) is 0 Å². The lowest BCUT2D eigenvalue weighted by molar-refractivity contribution is -0.119. The maximum atomic E-state index is 12.1. The molecular formula is C19H19N3O3. The molecule has 0 aliphatic heterocycles. The van der Waals surface area contributed by atoms with Crippen LogP contribution in [0.25, 0.3) is 11.0 Å². The molecule has 1 aromatic heterocycles. The summed E-state index contributed by atoms with van der Waals surface area (Å²) >= 11 is 0. The summed E-state index contributed by atoms with van der Waals surface area (Å²) in [5.41, 5.74) is 3.73. The molecule has 0 aliphatic rings. The maximum absolute atomic E-state index is 12.1. The molecule has 6 heteroatoms. The summed E-state index contributed by atoms with van der Waals surface area (Å²) in [4.78, 5) is 31.0. The van der Waals surface area contributed by atoms with Crippen molar-refractivity contribution in [1.29, 1.82) is 0 Å². The second-order valence-electron chi connectivity index (χ2n) is 6.04. The van der Waals surface area contributed by atoms with Gasteiger partial charge in [0.25, 0.3) is 5.91 Å². The normalized spacial score (nSPS) is 10.8. The van der Waals surface area contributed by atoms with E-state index in [4.69, 9.17) is 4.74 Å². The van der Waals surface area contributed by atoms with Gasteiger partial charge in [-0.15, -0.1) is 0 Å². The summed E-state index contributed by atoms with van der Waals surface area (Å²) in [7, 11) is 0. The molecule has 128 valence electrons. The lowest BCUT2D eigenvalue weighted by atomic mass is 10.0. The third-order valence-corrected chi connectivity index (χ3v) is 3.85. The number of aromatic amines is 1. The van der Waals surface area contributed by atoms with Crippen LogP contribution in [0, 0.1) is 0 Å². The first kappa shape index (κ1) is 16.7. The molecule has 1 amide bonds. The molecular weight excluding hydrogens is 318 g/mol. The fraction of sp³-hybridized carbons (Fsp3) is 0.211. The number of aromatic nitrogens is 2. The first-order chi connectivity index (χ1) is 12.0. The zero-order valence-electron chi connectivity index (χ0n) is 14.1. The van der Waals surface area contributed by atoms with E-state index >= 15 is 0 Å². The van der Waals surface area contributed by atoms with Gasteiger partial charge in [0.1, 0.15) is 0 Å². The predicted octanol–water partition coefficient (Wildman–Crippen LogP) is 3.48. The summed E-state index contributed by atoms with van der Waals surface area (Å²) in [6.07, 6.45) is 1.55. The minimum absolute atomic E-state index is 0.341. The van der Waals surface area contributed by atoms with Crippen LogP contribution in [0.5, 0.6) is 0 Å². The van der Waals surface area contributed by atoms with Gasteiger partial charge in [-0.1, -0.05) is 26.0 Å². The van der Waals surface area contributed by atoms with Crippen LogP contribution in [-0.2, 0) is 9.53 Å². The van der Waals surface area contributed by atoms with E-state index in [9.17, 15) is 9.59 Å².